The molecule has 2 rings (SSSR count). The van der Waals surface area contributed by atoms with Crippen LogP contribution in [0.25, 0.3) is 0 Å². The number of rotatable bonds is 6. The van der Waals surface area contributed by atoms with Crippen molar-refractivity contribution in [1.82, 2.24) is 14.9 Å². The fourth-order valence-electron chi connectivity index (χ4n) is 2.34. The third-order valence-electron chi connectivity index (χ3n) is 3.41. The Kier molecular flexibility index (Phi) is 5.01. The van der Waals surface area contributed by atoms with Crippen molar-refractivity contribution >= 4 is 0 Å². The third kappa shape index (κ3) is 4.13. The molecule has 2 heterocycles. The Labute approximate surface area is 103 Å². The number of hydrogen-bond donors (Lipinski definition) is 1. The van der Waals surface area contributed by atoms with Crippen LogP contribution in [0.15, 0.2) is 18.7 Å². The fourth-order valence-corrected chi connectivity index (χ4v) is 2.34. The van der Waals surface area contributed by atoms with E-state index >= 15 is 0 Å². The second-order valence-corrected chi connectivity index (χ2v) is 4.73. The molecule has 4 nitrogen and oxygen atoms in total. The van der Waals surface area contributed by atoms with Crippen LogP contribution in [0, 0.1) is 0 Å². The van der Waals surface area contributed by atoms with Crippen LogP contribution in [0.4, 0.5) is 0 Å². The van der Waals surface area contributed by atoms with Gasteiger partial charge >= 0.3 is 0 Å². The van der Waals surface area contributed by atoms with E-state index in [1.54, 1.807) is 0 Å². The molecule has 1 N–H and O–H groups in total. The van der Waals surface area contributed by atoms with Gasteiger partial charge in [-0.25, -0.2) is 4.98 Å². The second-order valence-electron chi connectivity index (χ2n) is 4.73. The van der Waals surface area contributed by atoms with Crippen LogP contribution < -0.4 is 5.32 Å². The highest BCUT2D eigenvalue weighted by Gasteiger charge is 2.20. The van der Waals surface area contributed by atoms with Crippen molar-refractivity contribution in [3.05, 3.63) is 18.7 Å². The smallest absolute Gasteiger partial charge is 0.0945 e. The lowest BCUT2D eigenvalue weighted by atomic mass is 10.0. The predicted molar refractivity (Wildman–Crippen MR) is 67.9 cm³/mol. The highest BCUT2D eigenvalue weighted by atomic mass is 16.5. The van der Waals surface area contributed by atoms with E-state index in [1.807, 2.05) is 18.7 Å². The molecule has 1 saturated heterocycles. The maximum absolute atomic E-state index is 5.67. The van der Waals surface area contributed by atoms with Gasteiger partial charge in [-0.1, -0.05) is 6.92 Å². The molecule has 2 atom stereocenters. The van der Waals surface area contributed by atoms with Crippen molar-refractivity contribution in [3.63, 3.8) is 0 Å². The highest BCUT2D eigenvalue weighted by molar-refractivity contribution is 4.77. The second kappa shape index (κ2) is 6.77. The number of hydrogen-bond acceptors (Lipinski definition) is 3. The quantitative estimate of drug-likeness (QED) is 0.767. The van der Waals surface area contributed by atoms with Crippen molar-refractivity contribution in [2.24, 2.45) is 0 Å². The number of imidazole rings is 1. The van der Waals surface area contributed by atoms with Crippen LogP contribution in [0.3, 0.4) is 0 Å². The lowest BCUT2D eigenvalue weighted by Gasteiger charge is -2.29. The number of ether oxygens (including phenoxy) is 1. The van der Waals surface area contributed by atoms with Gasteiger partial charge in [-0.3, -0.25) is 0 Å². The first-order valence-corrected chi connectivity index (χ1v) is 6.69. The molecule has 0 radical (unpaired) electrons. The molecule has 96 valence electrons. The molecule has 0 aromatic carbocycles. The summed E-state index contributed by atoms with van der Waals surface area (Å²) in [6.45, 7) is 5.25. The van der Waals surface area contributed by atoms with Gasteiger partial charge in [0.25, 0.3) is 0 Å². The summed E-state index contributed by atoms with van der Waals surface area (Å²) in [4.78, 5) is 4.04. The maximum atomic E-state index is 5.67. The molecule has 2 unspecified atom stereocenters. The van der Waals surface area contributed by atoms with Crippen molar-refractivity contribution in [2.45, 2.75) is 51.3 Å². The van der Waals surface area contributed by atoms with Crippen molar-refractivity contribution < 1.29 is 4.74 Å². The first-order valence-electron chi connectivity index (χ1n) is 6.69. The SMILES string of the molecule is CCC1CC(NCCCn2ccnc2)CCO1. The Balaban J connectivity index is 1.58. The van der Waals surface area contributed by atoms with E-state index in [1.165, 1.54) is 6.42 Å². The maximum Gasteiger partial charge on any atom is 0.0945 e. The van der Waals surface area contributed by atoms with E-state index in [4.69, 9.17) is 4.74 Å². The van der Waals surface area contributed by atoms with Crippen LogP contribution in [0.1, 0.15) is 32.6 Å². The highest BCUT2D eigenvalue weighted by Crippen LogP contribution is 2.16. The lowest BCUT2D eigenvalue weighted by Crippen LogP contribution is -2.39. The average Bonchev–Trinajstić information content (AvgIpc) is 2.88. The zero-order valence-electron chi connectivity index (χ0n) is 10.6. The average molecular weight is 237 g/mol. The number of aryl methyl sites for hydroxylation is 1. The molecule has 1 fully saturated rings. The van der Waals surface area contributed by atoms with Crippen LogP contribution >= 0.6 is 0 Å². The van der Waals surface area contributed by atoms with Gasteiger partial charge in [0.05, 0.1) is 12.4 Å². The molecule has 0 spiro atoms. The number of nitrogens with one attached hydrogen (secondary N) is 1. The largest absolute Gasteiger partial charge is 0.378 e. The molecular weight excluding hydrogens is 214 g/mol. The summed E-state index contributed by atoms with van der Waals surface area (Å²) in [5.41, 5.74) is 0. The Morgan fingerprint density at radius 3 is 3.24 bits per heavy atom. The first kappa shape index (κ1) is 12.6. The Morgan fingerprint density at radius 2 is 2.47 bits per heavy atom. The summed E-state index contributed by atoms with van der Waals surface area (Å²) >= 11 is 0. The topological polar surface area (TPSA) is 39.1 Å². The van der Waals surface area contributed by atoms with Gasteiger partial charge in [0.2, 0.25) is 0 Å². The monoisotopic (exact) mass is 237 g/mol. The fraction of sp³-hybridized carbons (Fsp3) is 0.769. The normalized spacial score (nSPS) is 25.0. The van der Waals surface area contributed by atoms with E-state index < -0.39 is 0 Å². The summed E-state index contributed by atoms with van der Waals surface area (Å²) in [6.07, 6.45) is 10.8. The van der Waals surface area contributed by atoms with Crippen molar-refractivity contribution in [2.75, 3.05) is 13.2 Å². The summed E-state index contributed by atoms with van der Waals surface area (Å²) in [5.74, 6) is 0. The van der Waals surface area contributed by atoms with Gasteiger partial charge in [0.15, 0.2) is 0 Å². The van der Waals surface area contributed by atoms with Crippen LogP contribution in [0.5, 0.6) is 0 Å². The van der Waals surface area contributed by atoms with Gasteiger partial charge < -0.3 is 14.6 Å². The molecule has 0 bridgehead atoms. The van der Waals surface area contributed by atoms with E-state index in [-0.39, 0.29) is 0 Å². The van der Waals surface area contributed by atoms with Gasteiger partial charge in [0.1, 0.15) is 0 Å². The molecule has 1 aromatic rings. The van der Waals surface area contributed by atoms with Gasteiger partial charge in [-0.05, 0) is 32.2 Å². The number of nitrogens with zero attached hydrogens (tertiary/aromatic N) is 2. The lowest BCUT2D eigenvalue weighted by molar-refractivity contribution is -0.0000178. The van der Waals surface area contributed by atoms with Crippen molar-refractivity contribution in [1.29, 1.82) is 0 Å². The van der Waals surface area contributed by atoms with E-state index in [0.29, 0.717) is 12.1 Å². The molecule has 17 heavy (non-hydrogen) atoms. The zero-order chi connectivity index (χ0) is 11.9. The number of aromatic nitrogens is 2. The minimum atomic E-state index is 0.467. The molecule has 4 heteroatoms. The Morgan fingerprint density at radius 1 is 1.53 bits per heavy atom. The van der Waals surface area contributed by atoms with Crippen molar-refractivity contribution in [3.8, 4) is 0 Å². The minimum Gasteiger partial charge on any atom is -0.378 e. The van der Waals surface area contributed by atoms with E-state index in [2.05, 4.69) is 21.8 Å². The third-order valence-corrected chi connectivity index (χ3v) is 3.41. The Bertz CT molecular complexity index is 300. The summed E-state index contributed by atoms with van der Waals surface area (Å²) in [5, 5.41) is 3.63. The van der Waals surface area contributed by atoms with E-state index in [9.17, 15) is 0 Å². The summed E-state index contributed by atoms with van der Waals surface area (Å²) in [6, 6.07) is 0.650. The van der Waals surface area contributed by atoms with Crippen LogP contribution in [0.2, 0.25) is 0 Å². The van der Waals surface area contributed by atoms with E-state index in [0.717, 1.165) is 39.0 Å². The minimum absolute atomic E-state index is 0.467. The van der Waals surface area contributed by atoms with Gasteiger partial charge in [-0.15, -0.1) is 0 Å². The molecule has 0 aliphatic carbocycles. The first-order chi connectivity index (χ1) is 8.38. The van der Waals surface area contributed by atoms with Gasteiger partial charge in [-0.2, -0.15) is 0 Å². The molecule has 1 aliphatic rings. The molecular formula is C13H23N3O. The Hall–Kier alpha value is -0.870. The summed E-state index contributed by atoms with van der Waals surface area (Å²) in [7, 11) is 0. The zero-order valence-corrected chi connectivity index (χ0v) is 10.6. The molecule has 1 aliphatic heterocycles. The summed E-state index contributed by atoms with van der Waals surface area (Å²) < 4.78 is 7.80. The van der Waals surface area contributed by atoms with Crippen LogP contribution in [-0.4, -0.2) is 34.8 Å². The standard InChI is InChI=1S/C13H23N3O/c1-2-13-10-12(4-9-17-13)15-5-3-7-16-8-6-14-11-16/h6,8,11-13,15H,2-5,7,9-10H2,1H3. The van der Waals surface area contributed by atoms with Crippen LogP contribution in [-0.2, 0) is 11.3 Å². The molecule has 1 aromatic heterocycles. The predicted octanol–water partition coefficient (Wildman–Crippen LogP) is 1.82. The molecule has 0 amide bonds. The molecule has 0 saturated carbocycles. The van der Waals surface area contributed by atoms with Gasteiger partial charge in [0, 0.05) is 31.6 Å².